The number of halogens is 4. The van der Waals surface area contributed by atoms with Gasteiger partial charge in [-0.2, -0.15) is 13.2 Å². The van der Waals surface area contributed by atoms with Crippen LogP contribution in [-0.2, 0) is 4.74 Å². The molecule has 1 aliphatic carbocycles. The van der Waals surface area contributed by atoms with Gasteiger partial charge in [-0.05, 0) is 44.4 Å². The van der Waals surface area contributed by atoms with E-state index in [0.717, 1.165) is 19.8 Å². The average Bonchev–Trinajstić information content (AvgIpc) is 2.28. The first-order valence-electron chi connectivity index (χ1n) is 6.51. The highest BCUT2D eigenvalue weighted by Crippen LogP contribution is 2.41. The molecule has 0 aromatic carbocycles. The second-order valence-electron chi connectivity index (χ2n) is 5.70. The maximum Gasteiger partial charge on any atom is 0.414 e. The highest BCUT2D eigenvalue weighted by Gasteiger charge is 2.44. The predicted octanol–water partition coefficient (Wildman–Crippen LogP) is 4.93. The lowest BCUT2D eigenvalue weighted by molar-refractivity contribution is -0.249. The second kappa shape index (κ2) is 6.12. The van der Waals surface area contributed by atoms with Crippen molar-refractivity contribution in [3.05, 3.63) is 0 Å². The molecule has 0 bridgehead atoms. The van der Waals surface area contributed by atoms with Gasteiger partial charge in [-0.25, -0.2) is 0 Å². The van der Waals surface area contributed by atoms with Crippen molar-refractivity contribution in [1.29, 1.82) is 0 Å². The summed E-state index contributed by atoms with van der Waals surface area (Å²) in [6.45, 7) is 5.44. The van der Waals surface area contributed by atoms with Crippen LogP contribution in [0.2, 0.25) is 0 Å². The van der Waals surface area contributed by atoms with Crippen LogP contribution in [0.15, 0.2) is 0 Å². The summed E-state index contributed by atoms with van der Waals surface area (Å²) in [4.78, 5) is 0. The van der Waals surface area contributed by atoms with E-state index in [9.17, 15) is 13.2 Å². The highest BCUT2D eigenvalue weighted by molar-refractivity contribution is 9.09. The SMILES string of the molecule is CC(C)C1CCC(CBr)(OC(C)C(F)(F)F)CC1. The van der Waals surface area contributed by atoms with Gasteiger partial charge in [0.15, 0.2) is 6.10 Å². The van der Waals surface area contributed by atoms with Crippen molar-refractivity contribution in [3.63, 3.8) is 0 Å². The van der Waals surface area contributed by atoms with E-state index in [1.807, 2.05) is 0 Å². The topological polar surface area (TPSA) is 9.23 Å². The first-order valence-corrected chi connectivity index (χ1v) is 7.63. The van der Waals surface area contributed by atoms with Gasteiger partial charge in [0.05, 0.1) is 5.60 Å². The van der Waals surface area contributed by atoms with Gasteiger partial charge in [-0.3, -0.25) is 0 Å². The first kappa shape index (κ1) is 16.3. The maximum absolute atomic E-state index is 12.6. The number of hydrogen-bond donors (Lipinski definition) is 0. The summed E-state index contributed by atoms with van der Waals surface area (Å²) in [6, 6.07) is 0. The van der Waals surface area contributed by atoms with E-state index in [-0.39, 0.29) is 0 Å². The molecule has 1 fully saturated rings. The molecule has 0 heterocycles. The molecule has 1 rings (SSSR count). The molecule has 1 aliphatic rings. The monoisotopic (exact) mass is 330 g/mol. The van der Waals surface area contributed by atoms with Gasteiger partial charge >= 0.3 is 6.18 Å². The van der Waals surface area contributed by atoms with E-state index in [0.29, 0.717) is 30.0 Å². The van der Waals surface area contributed by atoms with Crippen LogP contribution < -0.4 is 0 Å². The summed E-state index contributed by atoms with van der Waals surface area (Å²) in [7, 11) is 0. The molecule has 0 radical (unpaired) electrons. The third-order valence-electron chi connectivity index (χ3n) is 4.02. The molecule has 0 aromatic rings. The zero-order valence-corrected chi connectivity index (χ0v) is 12.8. The normalized spacial score (nSPS) is 31.7. The summed E-state index contributed by atoms with van der Waals surface area (Å²) in [5, 5.41) is 0.477. The molecule has 5 heteroatoms. The van der Waals surface area contributed by atoms with Crippen molar-refractivity contribution in [1.82, 2.24) is 0 Å². The van der Waals surface area contributed by atoms with Crippen molar-refractivity contribution in [2.45, 2.75) is 64.3 Å². The van der Waals surface area contributed by atoms with Crippen LogP contribution in [0.25, 0.3) is 0 Å². The molecule has 1 atom stereocenters. The molecule has 1 saturated carbocycles. The fourth-order valence-corrected chi connectivity index (χ4v) is 3.25. The number of ether oxygens (including phenoxy) is 1. The molecule has 0 amide bonds. The van der Waals surface area contributed by atoms with Gasteiger partial charge in [-0.1, -0.05) is 29.8 Å². The molecule has 0 aromatic heterocycles. The van der Waals surface area contributed by atoms with Gasteiger partial charge in [0, 0.05) is 5.33 Å². The molecular weight excluding hydrogens is 309 g/mol. The summed E-state index contributed by atoms with van der Waals surface area (Å²) in [5.74, 6) is 1.21. The van der Waals surface area contributed by atoms with Crippen molar-refractivity contribution < 1.29 is 17.9 Å². The lowest BCUT2D eigenvalue weighted by Crippen LogP contribution is -2.45. The van der Waals surface area contributed by atoms with Crippen LogP contribution in [0.5, 0.6) is 0 Å². The van der Waals surface area contributed by atoms with Crippen molar-refractivity contribution in [3.8, 4) is 0 Å². The Hall–Kier alpha value is 0.230. The van der Waals surface area contributed by atoms with Crippen LogP contribution in [0.4, 0.5) is 13.2 Å². The zero-order chi connectivity index (χ0) is 14.0. The molecule has 18 heavy (non-hydrogen) atoms. The minimum atomic E-state index is -4.27. The number of hydrogen-bond acceptors (Lipinski definition) is 1. The van der Waals surface area contributed by atoms with Crippen LogP contribution in [0.1, 0.15) is 46.5 Å². The van der Waals surface area contributed by atoms with Crippen LogP contribution in [0.3, 0.4) is 0 Å². The van der Waals surface area contributed by atoms with Gasteiger partial charge in [-0.15, -0.1) is 0 Å². The molecule has 0 aliphatic heterocycles. The second-order valence-corrected chi connectivity index (χ2v) is 6.26. The number of alkyl halides is 4. The van der Waals surface area contributed by atoms with E-state index in [1.54, 1.807) is 0 Å². The Balaban J connectivity index is 2.61. The summed E-state index contributed by atoms with van der Waals surface area (Å²) < 4.78 is 43.1. The predicted molar refractivity (Wildman–Crippen MR) is 69.9 cm³/mol. The van der Waals surface area contributed by atoms with Crippen LogP contribution in [-0.4, -0.2) is 23.2 Å². The van der Waals surface area contributed by atoms with Gasteiger partial charge in [0.25, 0.3) is 0 Å². The summed E-state index contributed by atoms with van der Waals surface area (Å²) >= 11 is 3.33. The molecule has 1 nitrogen and oxygen atoms in total. The van der Waals surface area contributed by atoms with E-state index in [4.69, 9.17) is 4.74 Å². The Morgan fingerprint density at radius 3 is 2.06 bits per heavy atom. The van der Waals surface area contributed by atoms with E-state index in [2.05, 4.69) is 29.8 Å². The molecule has 1 unspecified atom stereocenters. The summed E-state index contributed by atoms with van der Waals surface area (Å²) in [6.07, 6.45) is -2.64. The minimum Gasteiger partial charge on any atom is -0.362 e. The fraction of sp³-hybridized carbons (Fsp3) is 1.00. The Kier molecular flexibility index (Phi) is 5.54. The third kappa shape index (κ3) is 4.12. The standard InChI is InChI=1S/C13H22BrF3O/c1-9(2)11-4-6-12(8-14,7-5-11)18-10(3)13(15,16)17/h9-11H,4-8H2,1-3H3. The molecule has 0 N–H and O–H groups in total. The molecule has 0 spiro atoms. The van der Waals surface area contributed by atoms with Crippen molar-refractivity contribution in [2.24, 2.45) is 11.8 Å². The summed E-state index contributed by atoms with van der Waals surface area (Å²) in [5.41, 5.74) is -0.639. The average molecular weight is 331 g/mol. The third-order valence-corrected chi connectivity index (χ3v) is 5.04. The quantitative estimate of drug-likeness (QED) is 0.664. The Labute approximate surface area is 116 Å². The fourth-order valence-electron chi connectivity index (χ4n) is 2.56. The van der Waals surface area contributed by atoms with Gasteiger partial charge < -0.3 is 4.74 Å². The van der Waals surface area contributed by atoms with Crippen LogP contribution in [0, 0.1) is 11.8 Å². The van der Waals surface area contributed by atoms with Gasteiger partial charge in [0.1, 0.15) is 0 Å². The highest BCUT2D eigenvalue weighted by atomic mass is 79.9. The van der Waals surface area contributed by atoms with Crippen molar-refractivity contribution >= 4 is 15.9 Å². The largest absolute Gasteiger partial charge is 0.414 e. The van der Waals surface area contributed by atoms with Crippen LogP contribution >= 0.6 is 15.9 Å². The van der Waals surface area contributed by atoms with Crippen molar-refractivity contribution in [2.75, 3.05) is 5.33 Å². The number of rotatable bonds is 4. The lowest BCUT2D eigenvalue weighted by Gasteiger charge is -2.42. The maximum atomic E-state index is 12.6. The van der Waals surface area contributed by atoms with E-state index in [1.165, 1.54) is 0 Å². The van der Waals surface area contributed by atoms with E-state index < -0.39 is 17.9 Å². The molecular formula is C13H22BrF3O. The first-order chi connectivity index (χ1) is 8.20. The van der Waals surface area contributed by atoms with E-state index >= 15 is 0 Å². The Morgan fingerprint density at radius 1 is 1.22 bits per heavy atom. The molecule has 0 saturated heterocycles. The Bertz CT molecular complexity index is 257. The lowest BCUT2D eigenvalue weighted by atomic mass is 9.75. The van der Waals surface area contributed by atoms with Gasteiger partial charge in [0.2, 0.25) is 0 Å². The molecule has 108 valence electrons. The zero-order valence-electron chi connectivity index (χ0n) is 11.2. The minimum absolute atomic E-state index is 0.477. The Morgan fingerprint density at radius 2 is 1.72 bits per heavy atom. The smallest absolute Gasteiger partial charge is 0.362 e.